The number of carbonyl (C=O) groups excluding carboxylic acids is 2. The molecule has 148 valence electrons. The fourth-order valence-electron chi connectivity index (χ4n) is 3.92. The van der Waals surface area contributed by atoms with Gasteiger partial charge in [0.25, 0.3) is 0 Å². The van der Waals surface area contributed by atoms with Gasteiger partial charge in [0, 0.05) is 19.5 Å². The van der Waals surface area contributed by atoms with Gasteiger partial charge >= 0.3 is 6.09 Å². The minimum atomic E-state index is -0.158. The third-order valence-corrected chi connectivity index (χ3v) is 5.60. The van der Waals surface area contributed by atoms with Gasteiger partial charge in [-0.2, -0.15) is 0 Å². The van der Waals surface area contributed by atoms with Crippen molar-refractivity contribution in [2.75, 3.05) is 25.5 Å². The molecule has 2 amide bonds. The summed E-state index contributed by atoms with van der Waals surface area (Å²) in [5.41, 5.74) is 0.703. The largest absolute Gasteiger partial charge is 0.495 e. The topological polar surface area (TPSA) is 67.9 Å². The average Bonchev–Trinajstić information content (AvgIpc) is 3.20. The minimum absolute atomic E-state index is 0.00238. The molecule has 1 aliphatic heterocycles. The summed E-state index contributed by atoms with van der Waals surface area (Å²) in [6, 6.07) is 7.42. The fraction of sp³-hybridized carbons (Fsp3) is 0.619. The van der Waals surface area contributed by atoms with Crippen LogP contribution in [-0.2, 0) is 9.53 Å². The highest BCUT2D eigenvalue weighted by Gasteiger charge is 2.27. The molecule has 0 spiro atoms. The lowest BCUT2D eigenvalue weighted by atomic mass is 9.92. The molecule has 1 aromatic rings. The van der Waals surface area contributed by atoms with Crippen LogP contribution < -0.4 is 10.1 Å². The molecule has 1 aliphatic carbocycles. The SMILES string of the molecule is COc1ccccc1NC(=O)CCC1CCN(C(=O)OC2CCCC2)CC1. The van der Waals surface area contributed by atoms with Crippen LogP contribution in [0.3, 0.4) is 0 Å². The van der Waals surface area contributed by atoms with E-state index in [9.17, 15) is 9.59 Å². The molecular formula is C21H30N2O4. The molecule has 0 radical (unpaired) electrons. The number of amides is 2. The lowest BCUT2D eigenvalue weighted by Crippen LogP contribution is -2.40. The van der Waals surface area contributed by atoms with E-state index in [2.05, 4.69) is 5.32 Å². The molecule has 1 heterocycles. The first kappa shape index (κ1) is 19.5. The maximum absolute atomic E-state index is 12.2. The Kier molecular flexibility index (Phi) is 6.96. The Bertz CT molecular complexity index is 635. The summed E-state index contributed by atoms with van der Waals surface area (Å²) >= 11 is 0. The Morgan fingerprint density at radius 2 is 1.81 bits per heavy atom. The number of ether oxygens (including phenoxy) is 2. The van der Waals surface area contributed by atoms with E-state index in [1.54, 1.807) is 7.11 Å². The molecule has 0 bridgehead atoms. The van der Waals surface area contributed by atoms with Crippen LogP contribution >= 0.6 is 0 Å². The molecule has 3 rings (SSSR count). The summed E-state index contributed by atoms with van der Waals surface area (Å²) in [7, 11) is 1.59. The van der Waals surface area contributed by atoms with Crippen molar-refractivity contribution in [3.05, 3.63) is 24.3 Å². The monoisotopic (exact) mass is 374 g/mol. The summed E-state index contributed by atoms with van der Waals surface area (Å²) in [5, 5.41) is 2.92. The van der Waals surface area contributed by atoms with E-state index in [1.807, 2.05) is 29.2 Å². The van der Waals surface area contributed by atoms with Gasteiger partial charge in [0.1, 0.15) is 11.9 Å². The Morgan fingerprint density at radius 3 is 2.52 bits per heavy atom. The zero-order chi connectivity index (χ0) is 19.1. The van der Waals surface area contributed by atoms with Gasteiger partial charge in [-0.1, -0.05) is 12.1 Å². The molecule has 6 heteroatoms. The number of carbonyl (C=O) groups is 2. The van der Waals surface area contributed by atoms with Crippen molar-refractivity contribution in [2.24, 2.45) is 5.92 Å². The van der Waals surface area contributed by atoms with E-state index in [1.165, 1.54) is 0 Å². The van der Waals surface area contributed by atoms with Gasteiger partial charge in [0.05, 0.1) is 12.8 Å². The molecule has 1 N–H and O–H groups in total. The van der Waals surface area contributed by atoms with Gasteiger partial charge in [-0.15, -0.1) is 0 Å². The van der Waals surface area contributed by atoms with E-state index in [-0.39, 0.29) is 18.1 Å². The molecule has 0 atom stereocenters. The number of para-hydroxylation sites is 2. The Morgan fingerprint density at radius 1 is 1.11 bits per heavy atom. The van der Waals surface area contributed by atoms with Crippen LogP contribution in [0.1, 0.15) is 51.4 Å². The molecule has 6 nitrogen and oxygen atoms in total. The third-order valence-electron chi connectivity index (χ3n) is 5.60. The van der Waals surface area contributed by atoms with Gasteiger partial charge < -0.3 is 19.7 Å². The van der Waals surface area contributed by atoms with Crippen molar-refractivity contribution in [1.82, 2.24) is 4.90 Å². The maximum Gasteiger partial charge on any atom is 0.410 e. The third kappa shape index (κ3) is 5.62. The van der Waals surface area contributed by atoms with Crippen molar-refractivity contribution in [3.63, 3.8) is 0 Å². The number of piperidine rings is 1. The minimum Gasteiger partial charge on any atom is -0.495 e. The van der Waals surface area contributed by atoms with E-state index < -0.39 is 0 Å². The first-order chi connectivity index (χ1) is 13.2. The number of nitrogens with one attached hydrogen (secondary N) is 1. The number of rotatable bonds is 6. The second kappa shape index (κ2) is 9.62. The summed E-state index contributed by atoms with van der Waals surface area (Å²) < 4.78 is 10.8. The van der Waals surface area contributed by atoms with Crippen molar-refractivity contribution < 1.29 is 19.1 Å². The maximum atomic E-state index is 12.2. The van der Waals surface area contributed by atoms with Crippen LogP contribution in [0.2, 0.25) is 0 Å². The second-order valence-electron chi connectivity index (χ2n) is 7.51. The lowest BCUT2D eigenvalue weighted by molar-refractivity contribution is -0.116. The Hall–Kier alpha value is -2.24. The lowest BCUT2D eigenvalue weighted by Gasteiger charge is -2.32. The first-order valence-electron chi connectivity index (χ1n) is 10.0. The molecule has 2 fully saturated rings. The summed E-state index contributed by atoms with van der Waals surface area (Å²) in [5.74, 6) is 1.14. The average molecular weight is 374 g/mol. The van der Waals surface area contributed by atoms with E-state index in [4.69, 9.17) is 9.47 Å². The van der Waals surface area contributed by atoms with Crippen LogP contribution in [0.4, 0.5) is 10.5 Å². The van der Waals surface area contributed by atoms with Gasteiger partial charge in [0.2, 0.25) is 5.91 Å². The Labute approximate surface area is 161 Å². The predicted molar refractivity (Wildman–Crippen MR) is 104 cm³/mol. The highest BCUT2D eigenvalue weighted by Crippen LogP contribution is 2.26. The Balaban J connectivity index is 1.36. The summed E-state index contributed by atoms with van der Waals surface area (Å²) in [4.78, 5) is 26.3. The second-order valence-corrected chi connectivity index (χ2v) is 7.51. The number of anilines is 1. The number of methoxy groups -OCH3 is 1. The fourth-order valence-corrected chi connectivity index (χ4v) is 3.92. The number of benzene rings is 1. The summed E-state index contributed by atoms with van der Waals surface area (Å²) in [6.07, 6.45) is 7.48. The van der Waals surface area contributed by atoms with Crippen molar-refractivity contribution in [1.29, 1.82) is 0 Å². The van der Waals surface area contributed by atoms with Crippen LogP contribution in [-0.4, -0.2) is 43.2 Å². The van der Waals surface area contributed by atoms with E-state index in [0.29, 0.717) is 23.8 Å². The normalized spacial score (nSPS) is 18.3. The number of likely N-dealkylation sites (tertiary alicyclic amines) is 1. The molecule has 2 aliphatic rings. The number of hydrogen-bond donors (Lipinski definition) is 1. The van der Waals surface area contributed by atoms with Crippen LogP contribution in [0.25, 0.3) is 0 Å². The molecular weight excluding hydrogens is 344 g/mol. The first-order valence-corrected chi connectivity index (χ1v) is 10.0. The standard InChI is InChI=1S/C21H30N2O4/c1-26-19-9-5-4-8-18(19)22-20(24)11-10-16-12-14-23(15-13-16)21(25)27-17-6-2-3-7-17/h4-5,8-9,16-17H,2-3,6-7,10-15H2,1H3,(H,22,24). The van der Waals surface area contributed by atoms with Crippen molar-refractivity contribution in [3.8, 4) is 5.75 Å². The molecule has 27 heavy (non-hydrogen) atoms. The molecule has 0 unspecified atom stereocenters. The van der Waals surface area contributed by atoms with Crippen LogP contribution in [0, 0.1) is 5.92 Å². The van der Waals surface area contributed by atoms with Crippen LogP contribution in [0.5, 0.6) is 5.75 Å². The molecule has 0 aromatic heterocycles. The smallest absolute Gasteiger partial charge is 0.410 e. The van der Waals surface area contributed by atoms with E-state index in [0.717, 1.165) is 58.0 Å². The molecule has 1 saturated heterocycles. The predicted octanol–water partition coefficient (Wildman–Crippen LogP) is 4.21. The highest BCUT2D eigenvalue weighted by molar-refractivity contribution is 5.92. The highest BCUT2D eigenvalue weighted by atomic mass is 16.6. The number of nitrogens with zero attached hydrogens (tertiary/aromatic N) is 1. The van der Waals surface area contributed by atoms with Gasteiger partial charge in [-0.05, 0) is 63.0 Å². The zero-order valence-corrected chi connectivity index (χ0v) is 16.1. The quantitative estimate of drug-likeness (QED) is 0.810. The van der Waals surface area contributed by atoms with Crippen molar-refractivity contribution in [2.45, 2.75) is 57.5 Å². The zero-order valence-electron chi connectivity index (χ0n) is 16.1. The van der Waals surface area contributed by atoms with Crippen LogP contribution in [0.15, 0.2) is 24.3 Å². The number of hydrogen-bond acceptors (Lipinski definition) is 4. The van der Waals surface area contributed by atoms with Crippen molar-refractivity contribution >= 4 is 17.7 Å². The molecule has 1 saturated carbocycles. The van der Waals surface area contributed by atoms with Gasteiger partial charge in [-0.3, -0.25) is 4.79 Å². The van der Waals surface area contributed by atoms with Gasteiger partial charge in [0.15, 0.2) is 0 Å². The van der Waals surface area contributed by atoms with Gasteiger partial charge in [-0.25, -0.2) is 4.79 Å². The summed E-state index contributed by atoms with van der Waals surface area (Å²) in [6.45, 7) is 1.45. The van der Waals surface area contributed by atoms with E-state index >= 15 is 0 Å². The molecule has 1 aromatic carbocycles.